The van der Waals surface area contributed by atoms with E-state index in [9.17, 15) is 22.4 Å². The van der Waals surface area contributed by atoms with Crippen molar-refractivity contribution in [3.63, 3.8) is 0 Å². The number of carbonyl (C=O) groups is 1. The SMILES string of the molecule is Cc1c(C(=O)NCCc2cc(F)cc(F)c2)nnn1-c1ccc(OC(F)F)cc1. The maximum absolute atomic E-state index is 13.2. The van der Waals surface area contributed by atoms with E-state index in [1.165, 1.54) is 41.1 Å². The lowest BCUT2D eigenvalue weighted by atomic mass is 10.1. The molecule has 10 heteroatoms. The van der Waals surface area contributed by atoms with E-state index in [2.05, 4.69) is 20.4 Å². The lowest BCUT2D eigenvalue weighted by Crippen LogP contribution is -2.26. The zero-order valence-corrected chi connectivity index (χ0v) is 15.2. The van der Waals surface area contributed by atoms with Gasteiger partial charge in [0.05, 0.1) is 11.4 Å². The van der Waals surface area contributed by atoms with Crippen LogP contribution in [0.15, 0.2) is 42.5 Å². The number of benzene rings is 2. The summed E-state index contributed by atoms with van der Waals surface area (Å²) in [6, 6.07) is 8.85. The molecule has 0 unspecified atom stereocenters. The van der Waals surface area contributed by atoms with Crippen molar-refractivity contribution in [2.45, 2.75) is 20.0 Å². The Labute approximate surface area is 163 Å². The minimum atomic E-state index is -2.92. The van der Waals surface area contributed by atoms with E-state index in [0.717, 1.165) is 6.07 Å². The van der Waals surface area contributed by atoms with Gasteiger partial charge < -0.3 is 10.1 Å². The number of hydrogen-bond acceptors (Lipinski definition) is 4. The lowest BCUT2D eigenvalue weighted by molar-refractivity contribution is -0.0498. The molecule has 1 amide bonds. The Bertz CT molecular complexity index is 986. The number of ether oxygens (including phenoxy) is 1. The third kappa shape index (κ3) is 5.09. The number of halogens is 4. The van der Waals surface area contributed by atoms with Crippen LogP contribution in [0.4, 0.5) is 17.6 Å². The molecule has 152 valence electrons. The Morgan fingerprint density at radius 3 is 2.41 bits per heavy atom. The first-order valence-corrected chi connectivity index (χ1v) is 8.54. The predicted octanol–water partition coefficient (Wildman–Crippen LogP) is 3.43. The second-order valence-corrected chi connectivity index (χ2v) is 6.09. The van der Waals surface area contributed by atoms with Crippen molar-refractivity contribution >= 4 is 5.91 Å². The van der Waals surface area contributed by atoms with E-state index in [1.54, 1.807) is 6.92 Å². The first-order chi connectivity index (χ1) is 13.8. The van der Waals surface area contributed by atoms with Gasteiger partial charge in [-0.05, 0) is 55.3 Å². The fraction of sp³-hybridized carbons (Fsp3) is 0.211. The molecule has 1 aromatic heterocycles. The predicted molar refractivity (Wildman–Crippen MR) is 95.1 cm³/mol. The zero-order valence-electron chi connectivity index (χ0n) is 15.2. The summed E-state index contributed by atoms with van der Waals surface area (Å²) in [4.78, 5) is 12.3. The van der Waals surface area contributed by atoms with Gasteiger partial charge in [-0.25, -0.2) is 13.5 Å². The van der Waals surface area contributed by atoms with Gasteiger partial charge in [0.1, 0.15) is 17.4 Å². The van der Waals surface area contributed by atoms with Crippen LogP contribution in [-0.2, 0) is 6.42 Å². The smallest absolute Gasteiger partial charge is 0.387 e. The molecule has 3 aromatic rings. The molecule has 29 heavy (non-hydrogen) atoms. The van der Waals surface area contributed by atoms with Crippen molar-refractivity contribution in [1.82, 2.24) is 20.3 Å². The van der Waals surface area contributed by atoms with Gasteiger partial charge in [-0.3, -0.25) is 4.79 Å². The van der Waals surface area contributed by atoms with Gasteiger partial charge in [-0.2, -0.15) is 8.78 Å². The largest absolute Gasteiger partial charge is 0.435 e. The Hall–Kier alpha value is -3.43. The number of hydrogen-bond donors (Lipinski definition) is 1. The number of nitrogens with one attached hydrogen (secondary N) is 1. The molecular weight excluding hydrogens is 392 g/mol. The highest BCUT2D eigenvalue weighted by Crippen LogP contribution is 2.18. The Morgan fingerprint density at radius 1 is 1.14 bits per heavy atom. The van der Waals surface area contributed by atoms with Crippen LogP contribution in [0.5, 0.6) is 5.75 Å². The normalized spacial score (nSPS) is 11.0. The van der Waals surface area contributed by atoms with Crippen molar-refractivity contribution < 1.29 is 27.1 Å². The molecule has 0 fully saturated rings. The summed E-state index contributed by atoms with van der Waals surface area (Å²) in [7, 11) is 0. The molecule has 1 N–H and O–H groups in total. The minimum Gasteiger partial charge on any atom is -0.435 e. The minimum absolute atomic E-state index is 0.00623. The topological polar surface area (TPSA) is 69.0 Å². The van der Waals surface area contributed by atoms with Crippen LogP contribution in [0.2, 0.25) is 0 Å². The Kier molecular flexibility index (Phi) is 6.10. The van der Waals surface area contributed by atoms with Crippen LogP contribution in [0.3, 0.4) is 0 Å². The maximum atomic E-state index is 13.2. The molecule has 0 bridgehead atoms. The molecule has 0 saturated carbocycles. The second kappa shape index (κ2) is 8.72. The number of amides is 1. The average Bonchev–Trinajstić information content (AvgIpc) is 3.02. The van der Waals surface area contributed by atoms with Crippen LogP contribution in [0.25, 0.3) is 5.69 Å². The van der Waals surface area contributed by atoms with Gasteiger partial charge >= 0.3 is 6.61 Å². The number of rotatable bonds is 7. The van der Waals surface area contributed by atoms with Gasteiger partial charge in [-0.15, -0.1) is 5.10 Å². The van der Waals surface area contributed by atoms with Crippen molar-refractivity contribution in [2.75, 3.05) is 6.54 Å². The number of aromatic nitrogens is 3. The molecule has 0 aliphatic carbocycles. The zero-order chi connectivity index (χ0) is 21.0. The Balaban J connectivity index is 1.64. The molecule has 3 rings (SSSR count). The monoisotopic (exact) mass is 408 g/mol. The highest BCUT2D eigenvalue weighted by Gasteiger charge is 2.17. The van der Waals surface area contributed by atoms with Crippen molar-refractivity contribution in [3.05, 3.63) is 71.1 Å². The van der Waals surface area contributed by atoms with Crippen molar-refractivity contribution in [1.29, 1.82) is 0 Å². The summed E-state index contributed by atoms with van der Waals surface area (Å²) >= 11 is 0. The van der Waals surface area contributed by atoms with Gasteiger partial charge in [0.2, 0.25) is 0 Å². The van der Waals surface area contributed by atoms with Crippen LogP contribution < -0.4 is 10.1 Å². The number of nitrogens with zero attached hydrogens (tertiary/aromatic N) is 3. The molecule has 0 aliphatic rings. The first-order valence-electron chi connectivity index (χ1n) is 8.54. The highest BCUT2D eigenvalue weighted by molar-refractivity contribution is 5.93. The quantitative estimate of drug-likeness (QED) is 0.609. The molecule has 1 heterocycles. The standard InChI is InChI=1S/C19H16F4N4O2/c1-11-17(18(28)24-7-6-12-8-13(20)10-14(21)9-12)25-26-27(11)15-2-4-16(5-3-15)29-19(22)23/h2-5,8-10,19H,6-7H2,1H3,(H,24,28). The third-order valence-electron chi connectivity index (χ3n) is 4.04. The third-order valence-corrected chi connectivity index (χ3v) is 4.04. The first kappa shape index (κ1) is 20.3. The summed E-state index contributed by atoms with van der Waals surface area (Å²) in [5, 5.41) is 10.4. The van der Waals surface area contributed by atoms with E-state index >= 15 is 0 Å². The maximum Gasteiger partial charge on any atom is 0.387 e. The van der Waals surface area contributed by atoms with Crippen LogP contribution in [0.1, 0.15) is 21.7 Å². The number of carbonyl (C=O) groups excluding carboxylic acids is 1. The fourth-order valence-corrected chi connectivity index (χ4v) is 2.71. The van der Waals surface area contributed by atoms with Gasteiger partial charge in [0.15, 0.2) is 5.69 Å². The summed E-state index contributed by atoms with van der Waals surface area (Å²) in [5.74, 6) is -1.87. The molecule has 6 nitrogen and oxygen atoms in total. The van der Waals surface area contributed by atoms with Gasteiger partial charge in [0.25, 0.3) is 5.91 Å². The molecular formula is C19H16F4N4O2. The summed E-state index contributed by atoms with van der Waals surface area (Å²) in [5.41, 5.74) is 1.42. The summed E-state index contributed by atoms with van der Waals surface area (Å²) in [6.45, 7) is -1.15. The molecule has 2 aromatic carbocycles. The van der Waals surface area contributed by atoms with E-state index in [1.807, 2.05) is 0 Å². The van der Waals surface area contributed by atoms with Gasteiger partial charge in [-0.1, -0.05) is 5.21 Å². The molecule has 0 spiro atoms. The van der Waals surface area contributed by atoms with Crippen molar-refractivity contribution in [2.24, 2.45) is 0 Å². The molecule has 0 saturated heterocycles. The second-order valence-electron chi connectivity index (χ2n) is 6.09. The van der Waals surface area contributed by atoms with E-state index in [-0.39, 0.29) is 24.4 Å². The highest BCUT2D eigenvalue weighted by atomic mass is 19.3. The van der Waals surface area contributed by atoms with Crippen LogP contribution in [-0.4, -0.2) is 34.1 Å². The van der Waals surface area contributed by atoms with E-state index in [0.29, 0.717) is 16.9 Å². The average molecular weight is 408 g/mol. The van der Waals surface area contributed by atoms with Gasteiger partial charge in [0, 0.05) is 12.6 Å². The summed E-state index contributed by atoms with van der Waals surface area (Å²) in [6.07, 6.45) is 0.235. The van der Waals surface area contributed by atoms with Crippen molar-refractivity contribution in [3.8, 4) is 11.4 Å². The summed E-state index contributed by atoms with van der Waals surface area (Å²) < 4.78 is 56.5. The molecule has 0 atom stereocenters. The van der Waals surface area contributed by atoms with Crippen LogP contribution in [0, 0.1) is 18.6 Å². The lowest BCUT2D eigenvalue weighted by Gasteiger charge is -2.07. The number of alkyl halides is 2. The molecule has 0 aliphatic heterocycles. The fourth-order valence-electron chi connectivity index (χ4n) is 2.71. The molecule has 0 radical (unpaired) electrons. The van der Waals surface area contributed by atoms with E-state index in [4.69, 9.17) is 0 Å². The Morgan fingerprint density at radius 2 is 1.79 bits per heavy atom. The van der Waals surface area contributed by atoms with E-state index < -0.39 is 24.2 Å². The van der Waals surface area contributed by atoms with Crippen LogP contribution >= 0.6 is 0 Å².